The SMILES string of the molecule is CC(C)NCCCc1cnn(-c2ccccc2F)c1. The Labute approximate surface area is 113 Å². The molecule has 0 aliphatic carbocycles. The smallest absolute Gasteiger partial charge is 0.148 e. The quantitative estimate of drug-likeness (QED) is 0.810. The molecular formula is C15H20FN3. The summed E-state index contributed by atoms with van der Waals surface area (Å²) in [4.78, 5) is 0. The number of aryl methyl sites for hydroxylation is 1. The van der Waals surface area contributed by atoms with E-state index in [1.54, 1.807) is 16.8 Å². The van der Waals surface area contributed by atoms with Crippen LogP contribution < -0.4 is 5.32 Å². The van der Waals surface area contributed by atoms with Crippen LogP contribution in [0.3, 0.4) is 0 Å². The Morgan fingerprint density at radius 1 is 1.32 bits per heavy atom. The lowest BCUT2D eigenvalue weighted by Gasteiger charge is -2.06. The van der Waals surface area contributed by atoms with Gasteiger partial charge in [0.1, 0.15) is 11.5 Å². The van der Waals surface area contributed by atoms with Gasteiger partial charge in [-0.15, -0.1) is 0 Å². The Morgan fingerprint density at radius 2 is 2.11 bits per heavy atom. The van der Waals surface area contributed by atoms with E-state index in [0.717, 1.165) is 24.9 Å². The highest BCUT2D eigenvalue weighted by Gasteiger charge is 2.05. The number of nitrogens with one attached hydrogen (secondary N) is 1. The number of halogens is 1. The molecule has 0 saturated carbocycles. The Morgan fingerprint density at radius 3 is 2.84 bits per heavy atom. The first-order chi connectivity index (χ1) is 9.16. The zero-order valence-corrected chi connectivity index (χ0v) is 11.4. The fraction of sp³-hybridized carbons (Fsp3) is 0.400. The van der Waals surface area contributed by atoms with Gasteiger partial charge in [-0.2, -0.15) is 5.10 Å². The fourth-order valence-corrected chi connectivity index (χ4v) is 1.94. The van der Waals surface area contributed by atoms with Gasteiger partial charge in [0.05, 0.1) is 6.20 Å². The predicted molar refractivity (Wildman–Crippen MR) is 75.0 cm³/mol. The first-order valence-electron chi connectivity index (χ1n) is 6.68. The van der Waals surface area contributed by atoms with Gasteiger partial charge < -0.3 is 5.32 Å². The monoisotopic (exact) mass is 261 g/mol. The first kappa shape index (κ1) is 13.7. The summed E-state index contributed by atoms with van der Waals surface area (Å²) in [6.07, 6.45) is 5.71. The number of hydrogen-bond acceptors (Lipinski definition) is 2. The molecule has 0 unspecified atom stereocenters. The Balaban J connectivity index is 1.94. The summed E-state index contributed by atoms with van der Waals surface area (Å²) in [5.41, 5.74) is 1.63. The van der Waals surface area contributed by atoms with Crippen LogP contribution in [-0.2, 0) is 6.42 Å². The van der Waals surface area contributed by atoms with E-state index in [4.69, 9.17) is 0 Å². The van der Waals surface area contributed by atoms with Gasteiger partial charge in [0.2, 0.25) is 0 Å². The molecule has 19 heavy (non-hydrogen) atoms. The molecule has 2 aromatic rings. The summed E-state index contributed by atoms with van der Waals surface area (Å²) in [6, 6.07) is 7.18. The van der Waals surface area contributed by atoms with Gasteiger partial charge in [0.25, 0.3) is 0 Å². The molecule has 0 amide bonds. The van der Waals surface area contributed by atoms with Crippen LogP contribution in [0.2, 0.25) is 0 Å². The molecule has 2 rings (SSSR count). The molecule has 4 heteroatoms. The second kappa shape index (κ2) is 6.48. The van der Waals surface area contributed by atoms with E-state index in [9.17, 15) is 4.39 Å². The topological polar surface area (TPSA) is 29.9 Å². The average Bonchev–Trinajstić information content (AvgIpc) is 2.83. The molecule has 1 heterocycles. The van der Waals surface area contributed by atoms with Crippen LogP contribution >= 0.6 is 0 Å². The van der Waals surface area contributed by atoms with E-state index < -0.39 is 0 Å². The van der Waals surface area contributed by atoms with Crippen LogP contribution in [0, 0.1) is 5.82 Å². The van der Waals surface area contributed by atoms with Crippen LogP contribution in [0.15, 0.2) is 36.7 Å². The molecule has 1 aromatic heterocycles. The Hall–Kier alpha value is -1.68. The highest BCUT2D eigenvalue weighted by molar-refractivity contribution is 5.32. The van der Waals surface area contributed by atoms with Crippen molar-refractivity contribution in [3.63, 3.8) is 0 Å². The van der Waals surface area contributed by atoms with Crippen molar-refractivity contribution in [2.24, 2.45) is 0 Å². The molecule has 0 aliphatic rings. The molecule has 1 N–H and O–H groups in total. The van der Waals surface area contributed by atoms with Gasteiger partial charge in [-0.05, 0) is 37.1 Å². The predicted octanol–water partition coefficient (Wildman–Crippen LogP) is 2.94. The van der Waals surface area contributed by atoms with Gasteiger partial charge in [-0.3, -0.25) is 0 Å². The van der Waals surface area contributed by atoms with Crippen LogP contribution in [0.4, 0.5) is 4.39 Å². The maximum atomic E-state index is 13.6. The van der Waals surface area contributed by atoms with Gasteiger partial charge in [-0.25, -0.2) is 9.07 Å². The fourth-order valence-electron chi connectivity index (χ4n) is 1.94. The minimum atomic E-state index is -0.251. The van der Waals surface area contributed by atoms with Crippen molar-refractivity contribution in [1.29, 1.82) is 0 Å². The molecule has 0 atom stereocenters. The average molecular weight is 261 g/mol. The lowest BCUT2D eigenvalue weighted by molar-refractivity contribution is 0.570. The largest absolute Gasteiger partial charge is 0.315 e. The maximum absolute atomic E-state index is 13.6. The summed E-state index contributed by atoms with van der Waals surface area (Å²) >= 11 is 0. The van der Waals surface area contributed by atoms with Crippen molar-refractivity contribution in [3.05, 3.63) is 48.0 Å². The Bertz CT molecular complexity index is 520. The van der Waals surface area contributed by atoms with Crippen LogP contribution in [-0.4, -0.2) is 22.4 Å². The molecule has 3 nitrogen and oxygen atoms in total. The van der Waals surface area contributed by atoms with Crippen molar-refractivity contribution in [2.45, 2.75) is 32.7 Å². The van der Waals surface area contributed by atoms with E-state index in [1.807, 2.05) is 18.5 Å². The lowest BCUT2D eigenvalue weighted by atomic mass is 10.2. The normalized spacial score (nSPS) is 11.2. The molecule has 0 spiro atoms. The molecule has 102 valence electrons. The highest BCUT2D eigenvalue weighted by atomic mass is 19.1. The van der Waals surface area contributed by atoms with Crippen LogP contribution in [0.25, 0.3) is 5.69 Å². The summed E-state index contributed by atoms with van der Waals surface area (Å²) in [5.74, 6) is -0.251. The van der Waals surface area contributed by atoms with Crippen molar-refractivity contribution in [3.8, 4) is 5.69 Å². The minimum Gasteiger partial charge on any atom is -0.315 e. The van der Waals surface area contributed by atoms with E-state index >= 15 is 0 Å². The summed E-state index contributed by atoms with van der Waals surface area (Å²) < 4.78 is 15.2. The van der Waals surface area contributed by atoms with Gasteiger partial charge in [-0.1, -0.05) is 26.0 Å². The van der Waals surface area contributed by atoms with Crippen LogP contribution in [0.1, 0.15) is 25.8 Å². The van der Waals surface area contributed by atoms with Crippen LogP contribution in [0.5, 0.6) is 0 Å². The molecule has 0 saturated heterocycles. The van der Waals surface area contributed by atoms with Gasteiger partial charge >= 0.3 is 0 Å². The van der Waals surface area contributed by atoms with E-state index in [2.05, 4.69) is 24.3 Å². The summed E-state index contributed by atoms with van der Waals surface area (Å²) in [5, 5.41) is 7.59. The standard InChI is InChI=1S/C15H20FN3/c1-12(2)17-9-5-6-13-10-18-19(11-13)15-8-4-3-7-14(15)16/h3-4,7-8,10-12,17H,5-6,9H2,1-2H3. The molecule has 0 fully saturated rings. The lowest BCUT2D eigenvalue weighted by Crippen LogP contribution is -2.23. The first-order valence-corrected chi connectivity index (χ1v) is 6.68. The third kappa shape index (κ3) is 3.89. The second-order valence-electron chi connectivity index (χ2n) is 4.96. The van der Waals surface area contributed by atoms with Crippen molar-refractivity contribution in [1.82, 2.24) is 15.1 Å². The highest BCUT2D eigenvalue weighted by Crippen LogP contribution is 2.13. The van der Waals surface area contributed by atoms with Crippen molar-refractivity contribution < 1.29 is 4.39 Å². The number of aromatic nitrogens is 2. The molecule has 0 radical (unpaired) electrons. The zero-order valence-electron chi connectivity index (χ0n) is 11.4. The summed E-state index contributed by atoms with van der Waals surface area (Å²) in [7, 11) is 0. The van der Waals surface area contributed by atoms with E-state index in [1.165, 1.54) is 6.07 Å². The number of nitrogens with zero attached hydrogens (tertiary/aromatic N) is 2. The molecular weight excluding hydrogens is 241 g/mol. The minimum absolute atomic E-state index is 0.251. The number of para-hydroxylation sites is 1. The third-order valence-electron chi connectivity index (χ3n) is 2.93. The van der Waals surface area contributed by atoms with Gasteiger partial charge in [0, 0.05) is 12.2 Å². The van der Waals surface area contributed by atoms with E-state index in [0.29, 0.717) is 11.7 Å². The molecule has 0 bridgehead atoms. The second-order valence-corrected chi connectivity index (χ2v) is 4.96. The maximum Gasteiger partial charge on any atom is 0.148 e. The third-order valence-corrected chi connectivity index (χ3v) is 2.93. The molecule has 0 aliphatic heterocycles. The van der Waals surface area contributed by atoms with E-state index in [-0.39, 0.29) is 5.82 Å². The zero-order chi connectivity index (χ0) is 13.7. The summed E-state index contributed by atoms with van der Waals surface area (Å²) in [6.45, 7) is 5.26. The number of rotatable bonds is 6. The number of hydrogen-bond donors (Lipinski definition) is 1. The number of benzene rings is 1. The Kier molecular flexibility index (Phi) is 4.68. The van der Waals surface area contributed by atoms with Crippen molar-refractivity contribution >= 4 is 0 Å². The molecule has 1 aromatic carbocycles. The van der Waals surface area contributed by atoms with Gasteiger partial charge in [0.15, 0.2) is 0 Å². The van der Waals surface area contributed by atoms with Crippen molar-refractivity contribution in [2.75, 3.05) is 6.54 Å².